The Hall–Kier alpha value is -1.43. The first kappa shape index (κ1) is 15.9. The summed E-state index contributed by atoms with van der Waals surface area (Å²) in [5.41, 5.74) is 7.17. The molecule has 0 aliphatic carbocycles. The van der Waals surface area contributed by atoms with Crippen LogP contribution in [0.25, 0.3) is 11.5 Å². The molecule has 6 heteroatoms. The average molecular weight is 310 g/mol. The minimum absolute atomic E-state index is 0.342. The number of aromatic nitrogens is 2. The lowest BCUT2D eigenvalue weighted by atomic mass is 10.1. The Labute approximate surface area is 129 Å². The van der Waals surface area contributed by atoms with Crippen LogP contribution >= 0.6 is 11.6 Å². The van der Waals surface area contributed by atoms with Gasteiger partial charge in [0.2, 0.25) is 0 Å². The lowest BCUT2D eigenvalue weighted by Gasteiger charge is -2.19. The van der Waals surface area contributed by atoms with E-state index in [1.807, 2.05) is 32.9 Å². The Bertz CT molecular complexity index is 611. The largest absolute Gasteiger partial charge is 0.379 e. The minimum atomic E-state index is -0.786. The van der Waals surface area contributed by atoms with E-state index in [2.05, 4.69) is 10.1 Å². The monoisotopic (exact) mass is 309 g/mol. The van der Waals surface area contributed by atoms with E-state index in [9.17, 15) is 0 Å². The molecule has 0 radical (unpaired) electrons. The normalized spacial score (nSPS) is 14.1. The molecular formula is C15H20ClN3O2. The molecule has 0 aliphatic heterocycles. The summed E-state index contributed by atoms with van der Waals surface area (Å²) in [6, 6.07) is 5.60. The quantitative estimate of drug-likeness (QED) is 0.829. The van der Waals surface area contributed by atoms with Crippen molar-refractivity contribution in [2.24, 2.45) is 5.73 Å². The van der Waals surface area contributed by atoms with E-state index in [4.69, 9.17) is 26.6 Å². The first-order valence-corrected chi connectivity index (χ1v) is 7.29. The molecule has 1 unspecified atom stereocenters. The van der Waals surface area contributed by atoms with Crippen LogP contribution in [0.2, 0.25) is 5.02 Å². The van der Waals surface area contributed by atoms with Crippen molar-refractivity contribution in [2.75, 3.05) is 13.2 Å². The third-order valence-corrected chi connectivity index (χ3v) is 3.51. The highest BCUT2D eigenvalue weighted by molar-refractivity contribution is 6.31. The number of hydrogen-bond donors (Lipinski definition) is 1. The number of nitrogens with two attached hydrogens (primary N) is 1. The summed E-state index contributed by atoms with van der Waals surface area (Å²) in [4.78, 5) is 4.36. The van der Waals surface area contributed by atoms with Crippen LogP contribution in [0, 0.1) is 6.92 Å². The molecule has 0 aliphatic rings. The fourth-order valence-electron chi connectivity index (χ4n) is 1.79. The molecule has 0 saturated heterocycles. The van der Waals surface area contributed by atoms with Gasteiger partial charge in [0, 0.05) is 17.2 Å². The molecule has 0 bridgehead atoms. The highest BCUT2D eigenvalue weighted by atomic mass is 35.5. The first-order valence-electron chi connectivity index (χ1n) is 6.91. The van der Waals surface area contributed by atoms with E-state index in [1.54, 1.807) is 6.07 Å². The predicted molar refractivity (Wildman–Crippen MR) is 82.1 cm³/mol. The van der Waals surface area contributed by atoms with Gasteiger partial charge >= 0.3 is 0 Å². The summed E-state index contributed by atoms with van der Waals surface area (Å²) >= 11 is 6.11. The van der Waals surface area contributed by atoms with Crippen LogP contribution in [0.1, 0.15) is 31.7 Å². The zero-order valence-corrected chi connectivity index (χ0v) is 13.3. The summed E-state index contributed by atoms with van der Waals surface area (Å²) < 4.78 is 10.8. The van der Waals surface area contributed by atoms with Crippen LogP contribution in [0.5, 0.6) is 0 Å². The SMILES string of the molecule is CCCOCC(C)(N)c1noc(-c2ccc(C)c(Cl)c2)n1. The van der Waals surface area contributed by atoms with Crippen LogP contribution in [0.4, 0.5) is 0 Å². The van der Waals surface area contributed by atoms with Crippen molar-refractivity contribution in [1.29, 1.82) is 0 Å². The number of hydrogen-bond acceptors (Lipinski definition) is 5. The second-order valence-electron chi connectivity index (χ2n) is 5.36. The van der Waals surface area contributed by atoms with Crippen molar-refractivity contribution in [1.82, 2.24) is 10.1 Å². The van der Waals surface area contributed by atoms with Crippen LogP contribution in [-0.2, 0) is 10.3 Å². The van der Waals surface area contributed by atoms with Crippen molar-refractivity contribution < 1.29 is 9.26 Å². The second kappa shape index (κ2) is 6.56. The third-order valence-electron chi connectivity index (χ3n) is 3.11. The summed E-state index contributed by atoms with van der Waals surface area (Å²) in [6.07, 6.45) is 0.940. The van der Waals surface area contributed by atoms with Gasteiger partial charge in [-0.15, -0.1) is 0 Å². The van der Waals surface area contributed by atoms with E-state index in [1.165, 1.54) is 0 Å². The molecule has 0 saturated carbocycles. The Morgan fingerprint density at radius 2 is 2.19 bits per heavy atom. The molecule has 0 spiro atoms. The molecule has 1 aromatic heterocycles. The number of rotatable bonds is 6. The Kier molecular flexibility index (Phi) is 4.98. The molecule has 114 valence electrons. The van der Waals surface area contributed by atoms with E-state index < -0.39 is 5.54 Å². The fourth-order valence-corrected chi connectivity index (χ4v) is 1.97. The van der Waals surface area contributed by atoms with Crippen molar-refractivity contribution in [2.45, 2.75) is 32.7 Å². The highest BCUT2D eigenvalue weighted by Crippen LogP contribution is 2.25. The molecule has 1 aromatic carbocycles. The standard InChI is InChI=1S/C15H20ClN3O2/c1-4-7-20-9-15(3,17)14-18-13(21-19-14)11-6-5-10(2)12(16)8-11/h5-6,8H,4,7,9,17H2,1-3H3. The summed E-state index contributed by atoms with van der Waals surface area (Å²) in [6.45, 7) is 6.80. The average Bonchev–Trinajstić information content (AvgIpc) is 2.92. The topological polar surface area (TPSA) is 74.2 Å². The predicted octanol–water partition coefficient (Wildman–Crippen LogP) is 3.30. The lowest BCUT2D eigenvalue weighted by molar-refractivity contribution is 0.0867. The van der Waals surface area contributed by atoms with Gasteiger partial charge in [-0.3, -0.25) is 0 Å². The van der Waals surface area contributed by atoms with Gasteiger partial charge in [-0.1, -0.05) is 29.7 Å². The molecular weight excluding hydrogens is 290 g/mol. The van der Waals surface area contributed by atoms with Gasteiger partial charge in [-0.05, 0) is 38.0 Å². The van der Waals surface area contributed by atoms with Crippen molar-refractivity contribution in [3.8, 4) is 11.5 Å². The molecule has 5 nitrogen and oxygen atoms in total. The summed E-state index contributed by atoms with van der Waals surface area (Å²) in [7, 11) is 0. The maximum Gasteiger partial charge on any atom is 0.258 e. The molecule has 2 aromatic rings. The first-order chi connectivity index (χ1) is 9.94. The van der Waals surface area contributed by atoms with Gasteiger partial charge in [-0.2, -0.15) is 4.98 Å². The van der Waals surface area contributed by atoms with Gasteiger partial charge < -0.3 is 15.0 Å². The van der Waals surface area contributed by atoms with Gasteiger partial charge in [0.15, 0.2) is 5.82 Å². The highest BCUT2D eigenvalue weighted by Gasteiger charge is 2.28. The van der Waals surface area contributed by atoms with Crippen molar-refractivity contribution >= 4 is 11.6 Å². The molecule has 2 N–H and O–H groups in total. The van der Waals surface area contributed by atoms with Gasteiger partial charge in [0.25, 0.3) is 5.89 Å². The molecule has 1 atom stereocenters. The van der Waals surface area contributed by atoms with E-state index in [-0.39, 0.29) is 0 Å². The lowest BCUT2D eigenvalue weighted by Crippen LogP contribution is -2.39. The van der Waals surface area contributed by atoms with E-state index in [0.29, 0.717) is 30.0 Å². The molecule has 2 rings (SSSR count). The van der Waals surface area contributed by atoms with Crippen molar-refractivity contribution in [3.63, 3.8) is 0 Å². The molecule has 21 heavy (non-hydrogen) atoms. The zero-order chi connectivity index (χ0) is 15.5. The fraction of sp³-hybridized carbons (Fsp3) is 0.467. The molecule has 0 amide bonds. The van der Waals surface area contributed by atoms with Gasteiger partial charge in [-0.25, -0.2) is 0 Å². The molecule has 1 heterocycles. The number of nitrogens with zero attached hydrogens (tertiary/aromatic N) is 2. The van der Waals surface area contributed by atoms with Crippen molar-refractivity contribution in [3.05, 3.63) is 34.6 Å². The number of benzene rings is 1. The third kappa shape index (κ3) is 3.81. The minimum Gasteiger partial charge on any atom is -0.379 e. The van der Waals surface area contributed by atoms with Crippen LogP contribution < -0.4 is 5.73 Å². The Balaban J connectivity index is 2.18. The number of halogens is 1. The van der Waals surface area contributed by atoms with E-state index >= 15 is 0 Å². The zero-order valence-electron chi connectivity index (χ0n) is 12.5. The Morgan fingerprint density at radius 1 is 1.43 bits per heavy atom. The van der Waals surface area contributed by atoms with Gasteiger partial charge in [0.1, 0.15) is 5.54 Å². The maximum absolute atomic E-state index is 6.19. The molecule has 0 fully saturated rings. The number of ether oxygens (including phenoxy) is 1. The van der Waals surface area contributed by atoms with Gasteiger partial charge in [0.05, 0.1) is 6.61 Å². The maximum atomic E-state index is 6.19. The Morgan fingerprint density at radius 3 is 2.86 bits per heavy atom. The number of aryl methyl sites for hydroxylation is 1. The smallest absolute Gasteiger partial charge is 0.258 e. The second-order valence-corrected chi connectivity index (χ2v) is 5.76. The van der Waals surface area contributed by atoms with E-state index in [0.717, 1.165) is 17.5 Å². The van der Waals surface area contributed by atoms with Crippen LogP contribution in [0.3, 0.4) is 0 Å². The summed E-state index contributed by atoms with van der Waals surface area (Å²) in [5.74, 6) is 0.823. The summed E-state index contributed by atoms with van der Waals surface area (Å²) in [5, 5.41) is 4.62. The van der Waals surface area contributed by atoms with Crippen LogP contribution in [0.15, 0.2) is 22.7 Å². The van der Waals surface area contributed by atoms with Crippen LogP contribution in [-0.4, -0.2) is 23.4 Å².